The first-order valence-corrected chi connectivity index (χ1v) is 15.7. The summed E-state index contributed by atoms with van der Waals surface area (Å²) in [7, 11) is 1.73. The molecule has 2 saturated carbocycles. The number of hydrogen-bond acceptors (Lipinski definition) is 5. The minimum Gasteiger partial charge on any atom is -0.382 e. The van der Waals surface area contributed by atoms with E-state index in [2.05, 4.69) is 32.6 Å². The lowest BCUT2D eigenvalue weighted by Gasteiger charge is -2.48. The highest BCUT2D eigenvalue weighted by Gasteiger charge is 2.59. The summed E-state index contributed by atoms with van der Waals surface area (Å²) in [6.45, 7) is 14.1. The average Bonchev–Trinajstić information content (AvgIpc) is 3.34. The SMILES string of the molecule is COCCOCCN1CC(C)C[C@H]2OC3(CC[C@@H]4C(=C(C)C3)C[C@H]3C4CCC4=CC(=O)CCC43C)[C@H](C)C21. The highest BCUT2D eigenvalue weighted by Crippen LogP contribution is 2.64. The van der Waals surface area contributed by atoms with E-state index in [1.165, 1.54) is 37.7 Å². The van der Waals surface area contributed by atoms with Crippen LogP contribution >= 0.6 is 0 Å². The van der Waals surface area contributed by atoms with Gasteiger partial charge >= 0.3 is 0 Å². The first-order chi connectivity index (χ1) is 18.3. The maximum atomic E-state index is 12.2. The van der Waals surface area contributed by atoms with Gasteiger partial charge in [-0.1, -0.05) is 37.5 Å². The van der Waals surface area contributed by atoms with Crippen molar-refractivity contribution in [3.8, 4) is 0 Å². The molecule has 5 heteroatoms. The van der Waals surface area contributed by atoms with Crippen molar-refractivity contribution >= 4 is 5.78 Å². The normalized spacial score (nSPS) is 44.9. The summed E-state index contributed by atoms with van der Waals surface area (Å²) >= 11 is 0. The van der Waals surface area contributed by atoms with Gasteiger partial charge in [0.1, 0.15) is 0 Å². The van der Waals surface area contributed by atoms with Crippen LogP contribution in [0, 0.1) is 35.0 Å². The van der Waals surface area contributed by atoms with Crippen molar-refractivity contribution in [2.24, 2.45) is 35.0 Å². The third-order valence-corrected chi connectivity index (χ3v) is 12.1. The molecule has 0 bridgehead atoms. The van der Waals surface area contributed by atoms with E-state index in [1.807, 2.05) is 6.08 Å². The Labute approximate surface area is 230 Å². The molecule has 6 rings (SSSR count). The molecule has 5 nitrogen and oxygen atoms in total. The van der Waals surface area contributed by atoms with E-state index >= 15 is 0 Å². The fourth-order valence-corrected chi connectivity index (χ4v) is 10.2. The molecule has 4 fully saturated rings. The van der Waals surface area contributed by atoms with Crippen LogP contribution in [0.5, 0.6) is 0 Å². The molecule has 38 heavy (non-hydrogen) atoms. The largest absolute Gasteiger partial charge is 0.382 e. The number of fused-ring (bicyclic) bond motifs is 6. The van der Waals surface area contributed by atoms with Gasteiger partial charge in [0.05, 0.1) is 31.5 Å². The van der Waals surface area contributed by atoms with Crippen LogP contribution in [0.4, 0.5) is 0 Å². The number of piperidine rings is 1. The second kappa shape index (κ2) is 10.4. The Hall–Kier alpha value is -1.01. The van der Waals surface area contributed by atoms with E-state index < -0.39 is 0 Å². The van der Waals surface area contributed by atoms with Crippen LogP contribution in [-0.4, -0.2) is 68.4 Å². The highest BCUT2D eigenvalue weighted by molar-refractivity contribution is 5.91. The average molecular weight is 526 g/mol. The number of likely N-dealkylation sites (tertiary alicyclic amines) is 1. The van der Waals surface area contributed by atoms with E-state index in [0.29, 0.717) is 43.0 Å². The van der Waals surface area contributed by atoms with Crippen molar-refractivity contribution in [2.45, 2.75) is 103 Å². The quantitative estimate of drug-likeness (QED) is 0.316. The molecule has 2 heterocycles. The number of ether oxygens (including phenoxy) is 3. The number of hydrogen-bond donors (Lipinski definition) is 0. The van der Waals surface area contributed by atoms with E-state index in [4.69, 9.17) is 14.2 Å². The van der Waals surface area contributed by atoms with Gasteiger partial charge in [0.15, 0.2) is 5.78 Å². The number of allylic oxidation sites excluding steroid dienone is 3. The zero-order valence-corrected chi connectivity index (χ0v) is 24.6. The second-order valence-corrected chi connectivity index (χ2v) is 14.1. The van der Waals surface area contributed by atoms with Crippen LogP contribution in [0.25, 0.3) is 0 Å². The van der Waals surface area contributed by atoms with Crippen molar-refractivity contribution in [1.29, 1.82) is 0 Å². The maximum Gasteiger partial charge on any atom is 0.155 e. The van der Waals surface area contributed by atoms with Crippen molar-refractivity contribution < 1.29 is 19.0 Å². The Morgan fingerprint density at radius 3 is 2.79 bits per heavy atom. The fourth-order valence-electron chi connectivity index (χ4n) is 10.2. The predicted octanol–water partition coefficient (Wildman–Crippen LogP) is 5.98. The maximum absolute atomic E-state index is 12.2. The molecule has 2 saturated heterocycles. The molecular weight excluding hydrogens is 474 g/mol. The smallest absolute Gasteiger partial charge is 0.155 e. The molecule has 0 aromatic carbocycles. The number of carbonyl (C=O) groups excluding carboxylic acids is 1. The van der Waals surface area contributed by atoms with E-state index in [9.17, 15) is 4.79 Å². The molecule has 1 spiro atoms. The van der Waals surface area contributed by atoms with Gasteiger partial charge in [-0.3, -0.25) is 9.69 Å². The van der Waals surface area contributed by atoms with Gasteiger partial charge in [0.25, 0.3) is 0 Å². The molecule has 0 aromatic heterocycles. The Balaban J connectivity index is 1.21. The Bertz CT molecular complexity index is 987. The number of carbonyl (C=O) groups is 1. The van der Waals surface area contributed by atoms with Gasteiger partial charge in [-0.15, -0.1) is 0 Å². The summed E-state index contributed by atoms with van der Waals surface area (Å²) < 4.78 is 18.3. The van der Waals surface area contributed by atoms with Gasteiger partial charge in [0.2, 0.25) is 0 Å². The zero-order chi connectivity index (χ0) is 26.7. The summed E-state index contributed by atoms with van der Waals surface area (Å²) in [6, 6.07) is 0.502. The van der Waals surface area contributed by atoms with E-state index in [-0.39, 0.29) is 11.0 Å². The van der Waals surface area contributed by atoms with Gasteiger partial charge in [-0.25, -0.2) is 0 Å². The molecule has 0 amide bonds. The summed E-state index contributed by atoms with van der Waals surface area (Å²) in [4.78, 5) is 14.9. The molecule has 6 aliphatic rings. The van der Waals surface area contributed by atoms with E-state index in [0.717, 1.165) is 63.1 Å². The summed E-state index contributed by atoms with van der Waals surface area (Å²) in [5, 5.41) is 0. The lowest BCUT2D eigenvalue weighted by Crippen LogP contribution is -2.52. The fraction of sp³-hybridized carbons (Fsp3) is 0.848. The lowest BCUT2D eigenvalue weighted by molar-refractivity contribution is -0.116. The molecule has 0 aromatic rings. The first-order valence-electron chi connectivity index (χ1n) is 15.7. The van der Waals surface area contributed by atoms with Gasteiger partial charge in [-0.2, -0.15) is 0 Å². The van der Waals surface area contributed by atoms with Crippen LogP contribution < -0.4 is 0 Å². The Morgan fingerprint density at radius 2 is 1.97 bits per heavy atom. The number of nitrogens with zero attached hydrogens (tertiary/aromatic N) is 1. The van der Waals surface area contributed by atoms with Crippen LogP contribution in [0.1, 0.15) is 85.5 Å². The van der Waals surface area contributed by atoms with Crippen molar-refractivity contribution in [2.75, 3.05) is 40.0 Å². The lowest BCUT2D eigenvalue weighted by atomic mass is 9.56. The van der Waals surface area contributed by atoms with Gasteiger partial charge in [0, 0.05) is 38.6 Å². The Morgan fingerprint density at radius 1 is 1.13 bits per heavy atom. The topological polar surface area (TPSA) is 48.0 Å². The third kappa shape index (κ3) is 4.48. The van der Waals surface area contributed by atoms with Crippen LogP contribution in [-0.2, 0) is 19.0 Å². The first kappa shape index (κ1) is 27.2. The number of rotatable bonds is 6. The molecule has 0 N–H and O–H groups in total. The molecule has 4 aliphatic carbocycles. The monoisotopic (exact) mass is 525 g/mol. The highest BCUT2D eigenvalue weighted by atomic mass is 16.5. The standard InChI is InChI=1S/C33H51NO4/c1-21-16-30-31(34(20-21)12-13-37-15-14-36-5)23(3)33(38-30)11-9-26-27-7-6-24-17-25(35)8-10-32(24,4)29(27)18-28(26)22(2)19-33/h17,21,23,26-27,29-31H,6-16,18-20H2,1-5H3/t21?,23-,26+,27?,29+,30-,31?,32?,33?/m1/s1. The second-order valence-electron chi connectivity index (χ2n) is 14.1. The number of ketones is 1. The Kier molecular flexibility index (Phi) is 7.46. The molecule has 9 atom stereocenters. The minimum absolute atomic E-state index is 0.0215. The van der Waals surface area contributed by atoms with E-state index in [1.54, 1.807) is 18.3 Å². The van der Waals surface area contributed by atoms with Crippen LogP contribution in [0.3, 0.4) is 0 Å². The third-order valence-electron chi connectivity index (χ3n) is 12.1. The summed E-state index contributed by atoms with van der Waals surface area (Å²) in [5.74, 6) is 3.78. The molecule has 212 valence electrons. The molecule has 0 radical (unpaired) electrons. The minimum atomic E-state index is -0.0215. The molecular formula is C33H51NO4. The van der Waals surface area contributed by atoms with Crippen molar-refractivity contribution in [3.05, 3.63) is 22.8 Å². The van der Waals surface area contributed by atoms with Gasteiger partial charge in [-0.05, 0) is 93.5 Å². The summed E-state index contributed by atoms with van der Waals surface area (Å²) in [5.41, 5.74) is 5.10. The summed E-state index contributed by atoms with van der Waals surface area (Å²) in [6.07, 6.45) is 12.6. The zero-order valence-electron chi connectivity index (χ0n) is 24.6. The van der Waals surface area contributed by atoms with Crippen molar-refractivity contribution in [3.63, 3.8) is 0 Å². The molecule has 2 aliphatic heterocycles. The van der Waals surface area contributed by atoms with Crippen LogP contribution in [0.15, 0.2) is 22.8 Å². The van der Waals surface area contributed by atoms with Gasteiger partial charge < -0.3 is 14.2 Å². The predicted molar refractivity (Wildman–Crippen MR) is 150 cm³/mol. The number of methoxy groups -OCH3 is 1. The van der Waals surface area contributed by atoms with Crippen LogP contribution in [0.2, 0.25) is 0 Å². The molecule has 5 unspecified atom stereocenters. The van der Waals surface area contributed by atoms with Crippen molar-refractivity contribution in [1.82, 2.24) is 4.90 Å².